The molecular weight excluding hydrogens is 368 g/mol. The van der Waals surface area contributed by atoms with Crippen molar-refractivity contribution in [3.05, 3.63) is 59.2 Å². The molecule has 0 radical (unpaired) electrons. The van der Waals surface area contributed by atoms with E-state index in [1.807, 2.05) is 50.2 Å². The second kappa shape index (κ2) is 8.26. The lowest BCUT2D eigenvalue weighted by Crippen LogP contribution is -2.49. The van der Waals surface area contributed by atoms with E-state index in [0.29, 0.717) is 17.1 Å². The number of benzene rings is 2. The van der Waals surface area contributed by atoms with E-state index in [-0.39, 0.29) is 12.3 Å². The predicted molar refractivity (Wildman–Crippen MR) is 114 cm³/mol. The molecule has 2 aromatic carbocycles. The van der Waals surface area contributed by atoms with Gasteiger partial charge in [-0.2, -0.15) is 0 Å². The largest absolute Gasteiger partial charge is 0.321 e. The Kier molecular flexibility index (Phi) is 5.77. The van der Waals surface area contributed by atoms with Crippen LogP contribution < -0.4 is 15.5 Å². The third-order valence-corrected chi connectivity index (χ3v) is 4.64. The number of para-hydroxylation sites is 1. The summed E-state index contributed by atoms with van der Waals surface area (Å²) in [6.45, 7) is 6.93. The summed E-state index contributed by atoms with van der Waals surface area (Å²) in [5.41, 5.74) is 4.51. The molecular formula is C22H24N4O3. The first kappa shape index (κ1) is 20.3. The van der Waals surface area contributed by atoms with E-state index in [9.17, 15) is 14.4 Å². The van der Waals surface area contributed by atoms with Gasteiger partial charge in [-0.25, -0.2) is 4.79 Å². The van der Waals surface area contributed by atoms with E-state index in [0.717, 1.165) is 16.7 Å². The fourth-order valence-electron chi connectivity index (χ4n) is 3.37. The van der Waals surface area contributed by atoms with Gasteiger partial charge in [0.2, 0.25) is 6.17 Å². The Morgan fingerprint density at radius 3 is 2.52 bits per heavy atom. The van der Waals surface area contributed by atoms with Crippen molar-refractivity contribution in [3.63, 3.8) is 0 Å². The Labute approximate surface area is 169 Å². The number of fused-ring (bicyclic) bond motifs is 1. The number of Topliss-reactive ketones (excluding diaryl/α,β-unsaturated/α-hetero) is 1. The zero-order chi connectivity index (χ0) is 21.1. The number of ketones is 1. The molecule has 0 saturated heterocycles. The van der Waals surface area contributed by atoms with Gasteiger partial charge in [0.25, 0.3) is 5.91 Å². The van der Waals surface area contributed by atoms with Crippen molar-refractivity contribution in [3.8, 4) is 0 Å². The van der Waals surface area contributed by atoms with Gasteiger partial charge >= 0.3 is 6.03 Å². The molecule has 1 aliphatic heterocycles. The Bertz CT molecular complexity index is 1010. The van der Waals surface area contributed by atoms with Crippen molar-refractivity contribution in [2.24, 2.45) is 4.99 Å². The predicted octanol–water partition coefficient (Wildman–Crippen LogP) is 3.20. The lowest BCUT2D eigenvalue weighted by Gasteiger charge is -2.26. The summed E-state index contributed by atoms with van der Waals surface area (Å²) in [6.07, 6.45) is -1.13. The summed E-state index contributed by atoms with van der Waals surface area (Å²) in [5.74, 6) is -0.609. The van der Waals surface area contributed by atoms with Gasteiger partial charge in [0.05, 0.1) is 12.2 Å². The molecule has 150 valence electrons. The van der Waals surface area contributed by atoms with E-state index >= 15 is 0 Å². The van der Waals surface area contributed by atoms with Crippen LogP contribution in [0.25, 0.3) is 0 Å². The molecule has 1 heterocycles. The van der Waals surface area contributed by atoms with Crippen LogP contribution in [-0.2, 0) is 9.59 Å². The van der Waals surface area contributed by atoms with Gasteiger partial charge in [0.1, 0.15) is 5.78 Å². The number of nitrogens with zero attached hydrogens (tertiary/aromatic N) is 2. The molecule has 2 aromatic rings. The van der Waals surface area contributed by atoms with E-state index in [2.05, 4.69) is 15.6 Å². The van der Waals surface area contributed by atoms with Crippen LogP contribution in [0.15, 0.2) is 47.5 Å². The zero-order valence-corrected chi connectivity index (χ0v) is 16.9. The molecule has 7 nitrogen and oxygen atoms in total. The van der Waals surface area contributed by atoms with Crippen molar-refractivity contribution < 1.29 is 14.4 Å². The van der Waals surface area contributed by atoms with Crippen LogP contribution in [0.4, 0.5) is 16.2 Å². The van der Waals surface area contributed by atoms with Crippen LogP contribution in [0.3, 0.4) is 0 Å². The molecule has 3 amide bonds. The van der Waals surface area contributed by atoms with Gasteiger partial charge < -0.3 is 15.5 Å². The SMILES string of the molecule is CC(=O)CN1C(=O)[C@H](NC(=O)Nc2cccc(C)c2)N=C(C)c2cccc(C)c21. The van der Waals surface area contributed by atoms with Crippen LogP contribution >= 0.6 is 0 Å². The average Bonchev–Trinajstić information content (AvgIpc) is 2.73. The molecule has 0 spiro atoms. The van der Waals surface area contributed by atoms with E-state index < -0.39 is 18.1 Å². The second-order valence-electron chi connectivity index (χ2n) is 7.18. The van der Waals surface area contributed by atoms with Crippen molar-refractivity contribution in [2.45, 2.75) is 33.9 Å². The molecule has 0 unspecified atom stereocenters. The minimum Gasteiger partial charge on any atom is -0.308 e. The quantitative estimate of drug-likeness (QED) is 0.837. The van der Waals surface area contributed by atoms with E-state index in [1.165, 1.54) is 11.8 Å². The smallest absolute Gasteiger partial charge is 0.308 e. The van der Waals surface area contributed by atoms with Crippen LogP contribution in [-0.4, -0.2) is 36.1 Å². The van der Waals surface area contributed by atoms with Gasteiger partial charge in [0, 0.05) is 17.0 Å². The third-order valence-electron chi connectivity index (χ3n) is 4.64. The van der Waals surface area contributed by atoms with Crippen LogP contribution in [0, 0.1) is 13.8 Å². The zero-order valence-electron chi connectivity index (χ0n) is 16.9. The maximum atomic E-state index is 13.2. The number of hydrogen-bond donors (Lipinski definition) is 2. The number of carbonyl (C=O) groups is 3. The number of aliphatic imine (C=N–C) groups is 1. The van der Waals surface area contributed by atoms with Gasteiger partial charge in [0.15, 0.2) is 0 Å². The Balaban J connectivity index is 1.91. The summed E-state index contributed by atoms with van der Waals surface area (Å²) in [7, 11) is 0. The van der Waals surface area contributed by atoms with Crippen LogP contribution in [0.1, 0.15) is 30.5 Å². The van der Waals surface area contributed by atoms with Crippen molar-refractivity contribution >= 4 is 34.8 Å². The first-order chi connectivity index (χ1) is 13.8. The highest BCUT2D eigenvalue weighted by Gasteiger charge is 2.33. The minimum atomic E-state index is -1.13. The molecule has 0 bridgehead atoms. The van der Waals surface area contributed by atoms with Crippen molar-refractivity contribution in [1.82, 2.24) is 5.32 Å². The summed E-state index contributed by atoms with van der Waals surface area (Å²) in [5, 5.41) is 5.34. The molecule has 0 saturated carbocycles. The first-order valence-corrected chi connectivity index (χ1v) is 9.35. The van der Waals surface area contributed by atoms with Crippen LogP contribution in [0.2, 0.25) is 0 Å². The fourth-order valence-corrected chi connectivity index (χ4v) is 3.37. The summed E-state index contributed by atoms with van der Waals surface area (Å²) >= 11 is 0. The highest BCUT2D eigenvalue weighted by molar-refractivity contribution is 6.14. The monoisotopic (exact) mass is 392 g/mol. The normalized spacial score (nSPS) is 15.9. The average molecular weight is 392 g/mol. The molecule has 2 N–H and O–H groups in total. The van der Waals surface area contributed by atoms with Crippen molar-refractivity contribution in [2.75, 3.05) is 16.8 Å². The molecule has 1 atom stereocenters. The molecule has 0 aliphatic carbocycles. The lowest BCUT2D eigenvalue weighted by molar-refractivity contribution is -0.123. The second-order valence-corrected chi connectivity index (χ2v) is 7.18. The summed E-state index contributed by atoms with van der Waals surface area (Å²) in [4.78, 5) is 43.4. The number of benzodiazepines with no additional fused rings is 1. The number of nitrogens with one attached hydrogen (secondary N) is 2. The summed E-state index contributed by atoms with van der Waals surface area (Å²) in [6, 6.07) is 12.4. The van der Waals surface area contributed by atoms with Crippen LogP contribution in [0.5, 0.6) is 0 Å². The molecule has 1 aliphatic rings. The topological polar surface area (TPSA) is 90.9 Å². The van der Waals surface area contributed by atoms with E-state index in [4.69, 9.17) is 0 Å². The maximum absolute atomic E-state index is 13.2. The minimum absolute atomic E-state index is 0.0861. The fraction of sp³-hybridized carbons (Fsp3) is 0.273. The Morgan fingerprint density at radius 1 is 1.10 bits per heavy atom. The van der Waals surface area contributed by atoms with Gasteiger partial charge in [-0.1, -0.05) is 30.3 Å². The number of amides is 3. The molecule has 0 aromatic heterocycles. The van der Waals surface area contributed by atoms with Gasteiger partial charge in [-0.3, -0.25) is 14.6 Å². The Morgan fingerprint density at radius 2 is 1.83 bits per heavy atom. The number of carbonyl (C=O) groups excluding carboxylic acids is 3. The van der Waals surface area contributed by atoms with Gasteiger partial charge in [-0.15, -0.1) is 0 Å². The summed E-state index contributed by atoms with van der Waals surface area (Å²) < 4.78 is 0. The van der Waals surface area contributed by atoms with Crippen molar-refractivity contribution in [1.29, 1.82) is 0 Å². The highest BCUT2D eigenvalue weighted by atomic mass is 16.2. The standard InChI is InChI=1S/C22H24N4O3/c1-13-7-5-9-17(11-13)24-22(29)25-20-21(28)26(12-15(3)27)19-14(2)8-6-10-18(19)16(4)23-20/h5-11,20H,12H2,1-4H3,(H2,24,25,29)/t20-/m0/s1. The maximum Gasteiger partial charge on any atom is 0.321 e. The Hall–Kier alpha value is -3.48. The number of hydrogen-bond acceptors (Lipinski definition) is 4. The third kappa shape index (κ3) is 4.51. The lowest BCUT2D eigenvalue weighted by atomic mass is 10.0. The number of rotatable bonds is 4. The molecule has 7 heteroatoms. The molecule has 3 rings (SSSR count). The van der Waals surface area contributed by atoms with Gasteiger partial charge in [-0.05, 0) is 51.0 Å². The van der Waals surface area contributed by atoms with E-state index in [1.54, 1.807) is 13.0 Å². The molecule has 0 fully saturated rings. The first-order valence-electron chi connectivity index (χ1n) is 9.35. The number of urea groups is 1. The highest BCUT2D eigenvalue weighted by Crippen LogP contribution is 2.29. The number of anilines is 2. The number of aryl methyl sites for hydroxylation is 2. The molecule has 29 heavy (non-hydrogen) atoms.